The Morgan fingerprint density at radius 2 is 1.86 bits per heavy atom. The first-order valence-corrected chi connectivity index (χ1v) is 9.60. The van der Waals surface area contributed by atoms with Crippen molar-refractivity contribution in [3.63, 3.8) is 0 Å². The van der Waals surface area contributed by atoms with E-state index in [9.17, 15) is 14.4 Å². The summed E-state index contributed by atoms with van der Waals surface area (Å²) < 4.78 is 5.61. The van der Waals surface area contributed by atoms with Gasteiger partial charge in [0.25, 0.3) is 5.91 Å². The lowest BCUT2D eigenvalue weighted by Gasteiger charge is -2.45. The molecule has 2 aromatic carbocycles. The third kappa shape index (κ3) is 2.93. The minimum absolute atomic E-state index is 0.189. The van der Waals surface area contributed by atoms with Crippen LogP contribution in [0.2, 0.25) is 0 Å². The monoisotopic (exact) mass is 393 g/mol. The first-order chi connectivity index (χ1) is 13.9. The Labute approximate surface area is 169 Å². The van der Waals surface area contributed by atoms with Crippen molar-refractivity contribution in [2.75, 3.05) is 30.0 Å². The zero-order valence-corrected chi connectivity index (χ0v) is 16.7. The van der Waals surface area contributed by atoms with Crippen LogP contribution in [0.3, 0.4) is 0 Å². The Kier molecular flexibility index (Phi) is 4.53. The molecule has 2 aromatic rings. The summed E-state index contributed by atoms with van der Waals surface area (Å²) in [7, 11) is 1.85. The van der Waals surface area contributed by atoms with Crippen molar-refractivity contribution in [2.45, 2.75) is 20.3 Å². The lowest BCUT2D eigenvalue weighted by Crippen LogP contribution is -2.68. The number of amides is 4. The van der Waals surface area contributed by atoms with Gasteiger partial charge in [0.2, 0.25) is 5.91 Å². The van der Waals surface area contributed by atoms with Gasteiger partial charge in [-0.25, -0.2) is 9.69 Å². The number of carbonyl (C=O) groups excluding carboxylic acids is 3. The average Bonchev–Trinajstić information content (AvgIpc) is 2.68. The molecule has 1 spiro atoms. The number of rotatable bonds is 3. The Hall–Kier alpha value is -3.35. The molecule has 1 N–H and O–H groups in total. The summed E-state index contributed by atoms with van der Waals surface area (Å²) in [4.78, 5) is 42.3. The van der Waals surface area contributed by atoms with Gasteiger partial charge >= 0.3 is 6.03 Å². The molecular formula is C22H23N3O4. The number of barbiturate groups is 1. The van der Waals surface area contributed by atoms with Crippen LogP contribution in [0.5, 0.6) is 5.75 Å². The zero-order chi connectivity index (χ0) is 20.8. The molecular weight excluding hydrogens is 370 g/mol. The van der Waals surface area contributed by atoms with Crippen LogP contribution < -0.4 is 19.9 Å². The topological polar surface area (TPSA) is 79.0 Å². The van der Waals surface area contributed by atoms with E-state index in [1.165, 1.54) is 0 Å². The van der Waals surface area contributed by atoms with E-state index in [1.54, 1.807) is 24.3 Å². The number of aryl methyl sites for hydroxylation is 1. The number of ether oxygens (including phenoxy) is 1. The summed E-state index contributed by atoms with van der Waals surface area (Å²) in [5.74, 6) is -0.669. The minimum atomic E-state index is -1.39. The summed E-state index contributed by atoms with van der Waals surface area (Å²) in [5, 5.41) is 2.40. The van der Waals surface area contributed by atoms with E-state index in [1.807, 2.05) is 44.0 Å². The van der Waals surface area contributed by atoms with Gasteiger partial charge < -0.3 is 9.64 Å². The SMILES string of the molecule is CCOc1ccccc1N1C(=O)NC(=O)C2(Cc3cc(C)ccc3N(C)C2)C1=O. The van der Waals surface area contributed by atoms with Crippen LogP contribution in [0.25, 0.3) is 0 Å². The first kappa shape index (κ1) is 19.0. The number of fused-ring (bicyclic) bond motifs is 1. The first-order valence-electron chi connectivity index (χ1n) is 9.60. The lowest BCUT2D eigenvalue weighted by atomic mass is 9.74. The summed E-state index contributed by atoms with van der Waals surface area (Å²) in [6, 6.07) is 12.1. The van der Waals surface area contributed by atoms with Gasteiger partial charge in [0.05, 0.1) is 12.3 Å². The molecule has 2 aliphatic rings. The molecule has 4 rings (SSSR count). The Bertz CT molecular complexity index is 1020. The van der Waals surface area contributed by atoms with E-state index in [-0.39, 0.29) is 13.0 Å². The maximum atomic E-state index is 13.7. The number of hydrogen-bond donors (Lipinski definition) is 1. The Morgan fingerprint density at radius 3 is 2.62 bits per heavy atom. The highest BCUT2D eigenvalue weighted by Gasteiger charge is 2.57. The minimum Gasteiger partial charge on any atom is -0.492 e. The molecule has 0 bridgehead atoms. The van der Waals surface area contributed by atoms with Crippen molar-refractivity contribution >= 4 is 29.2 Å². The van der Waals surface area contributed by atoms with E-state index in [0.29, 0.717) is 18.0 Å². The molecule has 4 amide bonds. The molecule has 7 heteroatoms. The van der Waals surface area contributed by atoms with Crippen molar-refractivity contribution in [1.82, 2.24) is 5.32 Å². The highest BCUT2D eigenvalue weighted by Crippen LogP contribution is 2.42. The second-order valence-corrected chi connectivity index (χ2v) is 7.55. The van der Waals surface area contributed by atoms with Crippen molar-refractivity contribution < 1.29 is 19.1 Å². The van der Waals surface area contributed by atoms with Crippen LogP contribution in [-0.2, 0) is 16.0 Å². The molecule has 1 saturated heterocycles. The second-order valence-electron chi connectivity index (χ2n) is 7.55. The zero-order valence-electron chi connectivity index (χ0n) is 16.7. The lowest BCUT2D eigenvalue weighted by molar-refractivity contribution is -0.142. The number of nitrogens with one attached hydrogen (secondary N) is 1. The van der Waals surface area contributed by atoms with Crippen LogP contribution >= 0.6 is 0 Å². The van der Waals surface area contributed by atoms with Crippen molar-refractivity contribution in [3.05, 3.63) is 53.6 Å². The standard InChI is InChI=1S/C22H23N3O4/c1-4-29-18-8-6-5-7-17(18)25-20(27)22(19(26)23-21(25)28)12-15-11-14(2)9-10-16(15)24(3)13-22/h5-11H,4,12-13H2,1-3H3,(H,23,26,28). The smallest absolute Gasteiger partial charge is 0.335 e. The molecule has 0 radical (unpaired) electrons. The summed E-state index contributed by atoms with van der Waals surface area (Å²) in [5.41, 5.74) is 1.89. The summed E-state index contributed by atoms with van der Waals surface area (Å²) in [6.45, 7) is 4.38. The highest BCUT2D eigenvalue weighted by molar-refractivity contribution is 6.30. The van der Waals surface area contributed by atoms with Crippen molar-refractivity contribution in [1.29, 1.82) is 0 Å². The van der Waals surface area contributed by atoms with Crippen LogP contribution in [0.1, 0.15) is 18.1 Å². The van der Waals surface area contributed by atoms with Gasteiger partial charge in [0, 0.05) is 19.3 Å². The molecule has 2 heterocycles. The van der Waals surface area contributed by atoms with E-state index in [0.717, 1.165) is 21.7 Å². The number of nitrogens with zero attached hydrogens (tertiary/aromatic N) is 2. The summed E-state index contributed by atoms with van der Waals surface area (Å²) in [6.07, 6.45) is 0.236. The quantitative estimate of drug-likeness (QED) is 0.811. The van der Waals surface area contributed by atoms with Crippen LogP contribution in [0.4, 0.5) is 16.2 Å². The predicted octanol–water partition coefficient (Wildman–Crippen LogP) is 2.66. The number of hydrogen-bond acceptors (Lipinski definition) is 5. The largest absolute Gasteiger partial charge is 0.492 e. The maximum absolute atomic E-state index is 13.7. The van der Waals surface area contributed by atoms with Gasteiger partial charge in [-0.05, 0) is 44.0 Å². The van der Waals surface area contributed by atoms with E-state index >= 15 is 0 Å². The molecule has 0 aliphatic carbocycles. The van der Waals surface area contributed by atoms with Crippen LogP contribution in [0, 0.1) is 12.3 Å². The fourth-order valence-electron chi connectivity index (χ4n) is 4.21. The number of imide groups is 2. The molecule has 150 valence electrons. The Balaban J connectivity index is 1.81. The van der Waals surface area contributed by atoms with Gasteiger partial charge in [-0.3, -0.25) is 14.9 Å². The Morgan fingerprint density at radius 1 is 1.10 bits per heavy atom. The number of anilines is 2. The second kappa shape index (κ2) is 6.92. The van der Waals surface area contributed by atoms with E-state index < -0.39 is 23.3 Å². The summed E-state index contributed by atoms with van der Waals surface area (Å²) >= 11 is 0. The molecule has 29 heavy (non-hydrogen) atoms. The highest BCUT2D eigenvalue weighted by atomic mass is 16.5. The third-order valence-corrected chi connectivity index (χ3v) is 5.52. The van der Waals surface area contributed by atoms with Crippen LogP contribution in [-0.4, -0.2) is 38.0 Å². The third-order valence-electron chi connectivity index (χ3n) is 5.52. The van der Waals surface area contributed by atoms with Gasteiger partial charge in [-0.1, -0.05) is 29.8 Å². The predicted molar refractivity (Wildman–Crippen MR) is 109 cm³/mol. The van der Waals surface area contributed by atoms with Crippen molar-refractivity contribution in [3.8, 4) is 5.75 Å². The molecule has 1 fully saturated rings. The molecule has 0 aromatic heterocycles. The molecule has 1 unspecified atom stereocenters. The molecule has 0 saturated carbocycles. The number of carbonyl (C=O) groups is 3. The number of urea groups is 1. The number of para-hydroxylation sites is 2. The van der Waals surface area contributed by atoms with E-state index in [4.69, 9.17) is 4.74 Å². The molecule has 1 atom stereocenters. The number of benzene rings is 2. The van der Waals surface area contributed by atoms with Crippen LogP contribution in [0.15, 0.2) is 42.5 Å². The normalized spacial score (nSPS) is 21.3. The average molecular weight is 393 g/mol. The van der Waals surface area contributed by atoms with Gasteiger partial charge in [0.1, 0.15) is 5.75 Å². The van der Waals surface area contributed by atoms with Gasteiger partial charge in [0.15, 0.2) is 5.41 Å². The fraction of sp³-hybridized carbons (Fsp3) is 0.318. The maximum Gasteiger partial charge on any atom is 0.335 e. The molecule has 2 aliphatic heterocycles. The fourth-order valence-corrected chi connectivity index (χ4v) is 4.21. The van der Waals surface area contributed by atoms with Crippen molar-refractivity contribution in [2.24, 2.45) is 5.41 Å². The van der Waals surface area contributed by atoms with Gasteiger partial charge in [-0.15, -0.1) is 0 Å². The van der Waals surface area contributed by atoms with E-state index in [2.05, 4.69) is 5.32 Å². The molecule has 7 nitrogen and oxygen atoms in total. The van der Waals surface area contributed by atoms with Gasteiger partial charge in [-0.2, -0.15) is 0 Å².